The molecule has 3 unspecified atom stereocenters. The Morgan fingerprint density at radius 1 is 0.647 bits per heavy atom. The summed E-state index contributed by atoms with van der Waals surface area (Å²) in [5, 5.41) is 13.6. The lowest BCUT2D eigenvalue weighted by Gasteiger charge is -2.33. The number of Topliss-reactive ketones (excluding diaryl/α,β-unsaturated/α-hetero) is 1. The molecule has 0 saturated carbocycles. The second-order valence-corrected chi connectivity index (χ2v) is 13.7. The Hall–Kier alpha value is -5.34. The van der Waals surface area contributed by atoms with Crippen molar-refractivity contribution in [2.45, 2.75) is 57.2 Å². The molecule has 0 radical (unpaired) electrons. The standard InChI is InChI=1S/C43H46N4O4/c1-29(48)38(26-30-10-4-3-5-11-30)45-42(50)40(28-32-17-19-34-13-7-9-15-37(34)25-32)47(2)43(51)39(46-41(49)35-20-22-44-23-21-35)27-31-16-18-33-12-6-8-14-36(33)24-31/h3-19,24-25,35,38-40,44H,20-23,26-28H2,1-2H3,(H,45,50)(H,46,49). The lowest BCUT2D eigenvalue weighted by Crippen LogP contribution is -2.58. The average molecular weight is 683 g/mol. The third-order valence-electron chi connectivity index (χ3n) is 10.0. The zero-order valence-corrected chi connectivity index (χ0v) is 29.3. The van der Waals surface area contributed by atoms with Gasteiger partial charge in [0.05, 0.1) is 6.04 Å². The second-order valence-electron chi connectivity index (χ2n) is 13.7. The number of rotatable bonds is 13. The Labute approximate surface area is 299 Å². The van der Waals surface area contributed by atoms with Crippen LogP contribution in [0.3, 0.4) is 0 Å². The topological polar surface area (TPSA) is 108 Å². The molecule has 262 valence electrons. The smallest absolute Gasteiger partial charge is 0.245 e. The number of carbonyl (C=O) groups is 4. The van der Waals surface area contributed by atoms with Crippen molar-refractivity contribution in [2.75, 3.05) is 20.1 Å². The van der Waals surface area contributed by atoms with E-state index in [4.69, 9.17) is 0 Å². The van der Waals surface area contributed by atoms with E-state index in [0.29, 0.717) is 19.3 Å². The predicted molar refractivity (Wildman–Crippen MR) is 202 cm³/mol. The maximum atomic E-state index is 14.6. The number of carbonyl (C=O) groups excluding carboxylic acids is 4. The first kappa shape index (κ1) is 35.5. The fourth-order valence-electron chi connectivity index (χ4n) is 6.98. The van der Waals surface area contributed by atoms with Gasteiger partial charge in [0.1, 0.15) is 12.1 Å². The van der Waals surface area contributed by atoms with Crippen molar-refractivity contribution in [3.8, 4) is 0 Å². The Kier molecular flexibility index (Phi) is 11.5. The summed E-state index contributed by atoms with van der Waals surface area (Å²) in [6, 6.07) is 35.0. The van der Waals surface area contributed by atoms with Crippen LogP contribution < -0.4 is 16.0 Å². The number of hydrogen-bond donors (Lipinski definition) is 3. The molecule has 5 aromatic carbocycles. The lowest BCUT2D eigenvalue weighted by molar-refractivity contribution is -0.143. The number of likely N-dealkylation sites (N-methyl/N-ethyl adjacent to an activating group) is 1. The highest BCUT2D eigenvalue weighted by Crippen LogP contribution is 2.21. The monoisotopic (exact) mass is 682 g/mol. The molecular formula is C43H46N4O4. The molecule has 3 atom stereocenters. The summed E-state index contributed by atoms with van der Waals surface area (Å²) < 4.78 is 0. The molecule has 3 amide bonds. The summed E-state index contributed by atoms with van der Waals surface area (Å²) in [5.74, 6) is -1.32. The molecular weight excluding hydrogens is 636 g/mol. The normalized spacial score (nSPS) is 15.1. The van der Waals surface area contributed by atoms with Crippen LogP contribution in [0.25, 0.3) is 21.5 Å². The number of piperidine rings is 1. The molecule has 5 aromatic rings. The molecule has 6 rings (SSSR count). The summed E-state index contributed by atoms with van der Waals surface area (Å²) in [6.45, 7) is 2.96. The van der Waals surface area contributed by atoms with Gasteiger partial charge in [-0.05, 0) is 77.5 Å². The van der Waals surface area contributed by atoms with E-state index in [1.807, 2.05) is 115 Å². The van der Waals surface area contributed by atoms with Crippen molar-refractivity contribution in [3.63, 3.8) is 0 Å². The molecule has 3 N–H and O–H groups in total. The minimum absolute atomic E-state index is 0.154. The highest BCUT2D eigenvalue weighted by molar-refractivity contribution is 5.95. The lowest BCUT2D eigenvalue weighted by atomic mass is 9.95. The quantitative estimate of drug-likeness (QED) is 0.154. The number of fused-ring (bicyclic) bond motifs is 2. The maximum Gasteiger partial charge on any atom is 0.245 e. The van der Waals surface area contributed by atoms with E-state index >= 15 is 0 Å². The van der Waals surface area contributed by atoms with Gasteiger partial charge < -0.3 is 20.9 Å². The summed E-state index contributed by atoms with van der Waals surface area (Å²) in [6.07, 6.45) is 2.21. The van der Waals surface area contributed by atoms with Crippen LogP contribution in [-0.4, -0.2) is 66.7 Å². The molecule has 1 saturated heterocycles. The molecule has 8 nitrogen and oxygen atoms in total. The summed E-state index contributed by atoms with van der Waals surface area (Å²) in [4.78, 5) is 56.9. The number of amides is 3. The molecule has 51 heavy (non-hydrogen) atoms. The van der Waals surface area contributed by atoms with Gasteiger partial charge >= 0.3 is 0 Å². The predicted octanol–water partition coefficient (Wildman–Crippen LogP) is 5.41. The van der Waals surface area contributed by atoms with Crippen LogP contribution in [0, 0.1) is 5.92 Å². The van der Waals surface area contributed by atoms with E-state index in [1.54, 1.807) is 7.05 Å². The van der Waals surface area contributed by atoms with Crippen molar-refractivity contribution in [1.29, 1.82) is 0 Å². The van der Waals surface area contributed by atoms with Gasteiger partial charge in [0, 0.05) is 25.8 Å². The minimum Gasteiger partial charge on any atom is -0.344 e. The Morgan fingerprint density at radius 3 is 1.76 bits per heavy atom. The number of nitrogens with zero attached hydrogens (tertiary/aromatic N) is 1. The zero-order chi connectivity index (χ0) is 35.7. The maximum absolute atomic E-state index is 14.6. The van der Waals surface area contributed by atoms with Crippen LogP contribution in [0.4, 0.5) is 0 Å². The molecule has 1 fully saturated rings. The van der Waals surface area contributed by atoms with Crippen LogP contribution in [0.15, 0.2) is 115 Å². The molecule has 8 heteroatoms. The Morgan fingerprint density at radius 2 is 1.18 bits per heavy atom. The summed E-state index contributed by atoms with van der Waals surface area (Å²) >= 11 is 0. The first-order chi connectivity index (χ1) is 24.7. The van der Waals surface area contributed by atoms with Crippen LogP contribution >= 0.6 is 0 Å². The minimum atomic E-state index is -0.953. The van der Waals surface area contributed by atoms with Gasteiger partial charge in [-0.25, -0.2) is 0 Å². The third-order valence-corrected chi connectivity index (χ3v) is 10.0. The molecule has 0 spiro atoms. The van der Waals surface area contributed by atoms with E-state index in [1.165, 1.54) is 11.8 Å². The van der Waals surface area contributed by atoms with Gasteiger partial charge in [-0.2, -0.15) is 0 Å². The molecule has 0 bridgehead atoms. The van der Waals surface area contributed by atoms with Gasteiger partial charge in [-0.3, -0.25) is 19.2 Å². The number of benzene rings is 5. The van der Waals surface area contributed by atoms with Crippen LogP contribution in [0.1, 0.15) is 36.5 Å². The largest absolute Gasteiger partial charge is 0.344 e. The van der Waals surface area contributed by atoms with Crippen molar-refractivity contribution >= 4 is 45.0 Å². The molecule has 1 aliphatic rings. The van der Waals surface area contributed by atoms with Crippen molar-refractivity contribution in [1.82, 2.24) is 20.9 Å². The third kappa shape index (κ3) is 9.07. The van der Waals surface area contributed by atoms with E-state index in [-0.39, 0.29) is 36.4 Å². The summed E-state index contributed by atoms with van der Waals surface area (Å²) in [5.41, 5.74) is 2.70. The van der Waals surface area contributed by atoms with Crippen LogP contribution in [0.5, 0.6) is 0 Å². The van der Waals surface area contributed by atoms with E-state index in [9.17, 15) is 19.2 Å². The fraction of sp³-hybridized carbons (Fsp3) is 0.302. The second kappa shape index (κ2) is 16.6. The van der Waals surface area contributed by atoms with E-state index in [0.717, 1.165) is 51.3 Å². The van der Waals surface area contributed by atoms with E-state index < -0.39 is 24.0 Å². The summed E-state index contributed by atoms with van der Waals surface area (Å²) in [7, 11) is 1.62. The molecule has 0 aromatic heterocycles. The highest BCUT2D eigenvalue weighted by Gasteiger charge is 2.35. The van der Waals surface area contributed by atoms with Gasteiger partial charge in [0.25, 0.3) is 0 Å². The van der Waals surface area contributed by atoms with Gasteiger partial charge in [0.15, 0.2) is 5.78 Å². The van der Waals surface area contributed by atoms with Gasteiger partial charge in [-0.1, -0.05) is 115 Å². The van der Waals surface area contributed by atoms with Gasteiger partial charge in [-0.15, -0.1) is 0 Å². The zero-order valence-electron chi connectivity index (χ0n) is 29.3. The first-order valence-electron chi connectivity index (χ1n) is 17.8. The molecule has 1 heterocycles. The number of hydrogen-bond acceptors (Lipinski definition) is 5. The fourth-order valence-corrected chi connectivity index (χ4v) is 6.98. The Bertz CT molecular complexity index is 2010. The average Bonchev–Trinajstić information content (AvgIpc) is 3.16. The molecule has 0 aliphatic carbocycles. The Balaban J connectivity index is 1.31. The first-order valence-corrected chi connectivity index (χ1v) is 17.8. The van der Waals surface area contributed by atoms with Crippen molar-refractivity contribution in [3.05, 3.63) is 132 Å². The molecule has 1 aliphatic heterocycles. The van der Waals surface area contributed by atoms with E-state index in [2.05, 4.69) is 16.0 Å². The van der Waals surface area contributed by atoms with Gasteiger partial charge in [0.2, 0.25) is 17.7 Å². The number of nitrogens with one attached hydrogen (secondary N) is 3. The van der Waals surface area contributed by atoms with Crippen LogP contribution in [-0.2, 0) is 38.4 Å². The highest BCUT2D eigenvalue weighted by atomic mass is 16.2. The van der Waals surface area contributed by atoms with Crippen LogP contribution in [0.2, 0.25) is 0 Å². The SMILES string of the molecule is CC(=O)C(Cc1ccccc1)NC(=O)C(Cc1ccc2ccccc2c1)N(C)C(=O)C(Cc1ccc2ccccc2c1)NC(=O)C1CCNCC1. The van der Waals surface area contributed by atoms with Crippen molar-refractivity contribution in [2.24, 2.45) is 5.92 Å². The van der Waals surface area contributed by atoms with Crippen molar-refractivity contribution < 1.29 is 19.2 Å². The number of ketones is 1.